The number of thioether (sulfide) groups is 1. The Hall–Kier alpha value is -1.37. The van der Waals surface area contributed by atoms with Gasteiger partial charge in [-0.1, -0.05) is 18.2 Å². The van der Waals surface area contributed by atoms with Gasteiger partial charge in [0, 0.05) is 12.5 Å². The molecule has 0 amide bonds. The van der Waals surface area contributed by atoms with E-state index in [9.17, 15) is 9.35 Å². The topological polar surface area (TPSA) is 58.6 Å². The molecule has 0 heterocycles. The Morgan fingerprint density at radius 1 is 1.25 bits per heavy atom. The predicted molar refractivity (Wildman–Crippen MR) is 101 cm³/mol. The second kappa shape index (κ2) is 7.68. The molecule has 3 unspecified atom stereocenters. The maximum Gasteiger partial charge on any atom is 0.303 e. The maximum atomic E-state index is 12.2. The zero-order valence-corrected chi connectivity index (χ0v) is 16.1. The van der Waals surface area contributed by atoms with Crippen LogP contribution in [0.1, 0.15) is 19.4 Å². The highest BCUT2D eigenvalue weighted by molar-refractivity contribution is 8.12. The summed E-state index contributed by atoms with van der Waals surface area (Å²) in [6, 6.07) is 11.7. The average molecular weight is 367 g/mol. The fourth-order valence-electron chi connectivity index (χ4n) is 2.88. The van der Waals surface area contributed by atoms with Crippen LogP contribution in [0.2, 0.25) is 0 Å². The number of methoxy groups -OCH3 is 1. The molecular weight excluding hydrogens is 344 g/mol. The van der Waals surface area contributed by atoms with Crippen LogP contribution in [0.15, 0.2) is 36.4 Å². The predicted octanol–water partition coefficient (Wildman–Crippen LogP) is 3.69. The summed E-state index contributed by atoms with van der Waals surface area (Å²) in [4.78, 5) is 11.7. The molecule has 24 heavy (non-hydrogen) atoms. The third-order valence-corrected chi connectivity index (χ3v) is 7.26. The van der Waals surface area contributed by atoms with Gasteiger partial charge in [0.1, 0.15) is 5.75 Å². The van der Waals surface area contributed by atoms with Crippen LogP contribution in [0.4, 0.5) is 0 Å². The number of benzene rings is 2. The van der Waals surface area contributed by atoms with E-state index in [0.717, 1.165) is 22.1 Å². The van der Waals surface area contributed by atoms with E-state index in [1.165, 1.54) is 18.7 Å². The van der Waals surface area contributed by atoms with E-state index in [0.29, 0.717) is 0 Å². The molecule has 6 heteroatoms. The SMILES string of the molecule is COc1ccc2cc(C(C)(OC(C)=O)C(SC)[S+](C)[O-])ccc2c1. The van der Waals surface area contributed by atoms with Gasteiger partial charge < -0.3 is 14.0 Å². The Bertz CT molecular complexity index is 732. The first-order valence-electron chi connectivity index (χ1n) is 7.44. The van der Waals surface area contributed by atoms with Crippen LogP contribution >= 0.6 is 11.8 Å². The summed E-state index contributed by atoms with van der Waals surface area (Å²) >= 11 is 0.273. The number of carbonyl (C=O) groups excluding carboxylic acids is 1. The van der Waals surface area contributed by atoms with Gasteiger partial charge in [0.15, 0.2) is 5.60 Å². The molecule has 130 valence electrons. The lowest BCUT2D eigenvalue weighted by Gasteiger charge is -2.35. The van der Waals surface area contributed by atoms with Crippen molar-refractivity contribution in [3.63, 3.8) is 0 Å². The van der Waals surface area contributed by atoms with Gasteiger partial charge in [-0.05, 0) is 53.3 Å². The minimum Gasteiger partial charge on any atom is -0.616 e. The van der Waals surface area contributed by atoms with Crippen LogP contribution in [0, 0.1) is 0 Å². The van der Waals surface area contributed by atoms with E-state index in [1.54, 1.807) is 13.4 Å². The van der Waals surface area contributed by atoms with Gasteiger partial charge in [0.25, 0.3) is 0 Å². The second-order valence-electron chi connectivity index (χ2n) is 5.69. The molecule has 2 aromatic carbocycles. The molecule has 0 bridgehead atoms. The monoisotopic (exact) mass is 366 g/mol. The van der Waals surface area contributed by atoms with Crippen molar-refractivity contribution in [2.24, 2.45) is 0 Å². The lowest BCUT2D eigenvalue weighted by Crippen LogP contribution is -2.43. The van der Waals surface area contributed by atoms with Gasteiger partial charge in [-0.3, -0.25) is 4.79 Å². The summed E-state index contributed by atoms with van der Waals surface area (Å²) < 4.78 is 22.7. The van der Waals surface area contributed by atoms with E-state index in [4.69, 9.17) is 9.47 Å². The number of esters is 1. The molecule has 0 aliphatic heterocycles. The number of hydrogen-bond acceptors (Lipinski definition) is 5. The molecule has 0 aliphatic rings. The Labute approximate surface area is 150 Å². The summed E-state index contributed by atoms with van der Waals surface area (Å²) in [5.74, 6) is 0.395. The summed E-state index contributed by atoms with van der Waals surface area (Å²) in [6.07, 6.45) is 3.51. The van der Waals surface area contributed by atoms with Crippen molar-refractivity contribution in [2.75, 3.05) is 19.6 Å². The van der Waals surface area contributed by atoms with E-state index in [1.807, 2.05) is 49.6 Å². The molecule has 0 saturated heterocycles. The first kappa shape index (κ1) is 19.0. The molecule has 0 spiro atoms. The van der Waals surface area contributed by atoms with E-state index in [-0.39, 0.29) is 4.58 Å². The van der Waals surface area contributed by atoms with Crippen LogP contribution in [0.3, 0.4) is 0 Å². The van der Waals surface area contributed by atoms with Crippen LogP contribution in [0.5, 0.6) is 5.75 Å². The minimum absolute atomic E-state index is 0.364. The zero-order valence-electron chi connectivity index (χ0n) is 14.5. The van der Waals surface area contributed by atoms with Crippen molar-refractivity contribution in [1.82, 2.24) is 0 Å². The molecule has 0 N–H and O–H groups in total. The van der Waals surface area contributed by atoms with Crippen LogP contribution < -0.4 is 4.74 Å². The van der Waals surface area contributed by atoms with Gasteiger partial charge in [-0.15, -0.1) is 11.8 Å². The van der Waals surface area contributed by atoms with Gasteiger partial charge in [0.05, 0.1) is 13.4 Å². The molecule has 0 saturated carbocycles. The molecule has 0 radical (unpaired) electrons. The molecule has 4 nitrogen and oxygen atoms in total. The van der Waals surface area contributed by atoms with E-state index < -0.39 is 22.7 Å². The fraction of sp³-hybridized carbons (Fsp3) is 0.389. The molecular formula is C18H22O4S2. The normalized spacial score (nSPS) is 16.2. The van der Waals surface area contributed by atoms with Crippen LogP contribution in [-0.4, -0.2) is 34.7 Å². The van der Waals surface area contributed by atoms with Gasteiger partial charge in [-0.25, -0.2) is 0 Å². The number of fused-ring (bicyclic) bond motifs is 1. The highest BCUT2D eigenvalue weighted by Gasteiger charge is 2.45. The maximum absolute atomic E-state index is 12.2. The smallest absolute Gasteiger partial charge is 0.303 e. The number of ether oxygens (including phenoxy) is 2. The number of hydrogen-bond donors (Lipinski definition) is 0. The van der Waals surface area contributed by atoms with Gasteiger partial charge in [-0.2, -0.15) is 0 Å². The largest absolute Gasteiger partial charge is 0.616 e. The molecule has 0 fully saturated rings. The third-order valence-electron chi connectivity index (χ3n) is 3.94. The number of carbonyl (C=O) groups is 1. The van der Waals surface area contributed by atoms with E-state index >= 15 is 0 Å². The van der Waals surface area contributed by atoms with Crippen LogP contribution in [0.25, 0.3) is 10.8 Å². The zero-order chi connectivity index (χ0) is 17.9. The van der Waals surface area contributed by atoms with Crippen molar-refractivity contribution >= 4 is 39.7 Å². The molecule has 2 aromatic rings. The molecule has 0 aliphatic carbocycles. The Kier molecular flexibility index (Phi) is 6.06. The summed E-state index contributed by atoms with van der Waals surface area (Å²) in [5.41, 5.74) is -0.149. The Morgan fingerprint density at radius 2 is 1.88 bits per heavy atom. The highest BCUT2D eigenvalue weighted by Crippen LogP contribution is 2.39. The average Bonchev–Trinajstić information content (AvgIpc) is 2.53. The lowest BCUT2D eigenvalue weighted by atomic mass is 9.94. The first-order valence-corrected chi connectivity index (χ1v) is 10.4. The van der Waals surface area contributed by atoms with Crippen molar-refractivity contribution in [3.05, 3.63) is 42.0 Å². The summed E-state index contributed by atoms with van der Waals surface area (Å²) in [5, 5.41) is 2.04. The van der Waals surface area contributed by atoms with Crippen molar-refractivity contribution in [3.8, 4) is 5.75 Å². The van der Waals surface area contributed by atoms with Crippen LogP contribution in [-0.2, 0) is 26.3 Å². The quantitative estimate of drug-likeness (QED) is 0.576. The highest BCUT2D eigenvalue weighted by atomic mass is 32.3. The fourth-order valence-corrected chi connectivity index (χ4v) is 5.41. The summed E-state index contributed by atoms with van der Waals surface area (Å²) in [7, 11) is 1.63. The Balaban J connectivity index is 2.56. The molecule has 2 rings (SSSR count). The van der Waals surface area contributed by atoms with Gasteiger partial charge >= 0.3 is 5.97 Å². The number of rotatable bonds is 6. The van der Waals surface area contributed by atoms with Gasteiger partial charge in [0.2, 0.25) is 4.58 Å². The minimum atomic E-state index is -1.16. The first-order chi connectivity index (χ1) is 11.3. The standard InChI is InChI=1S/C18H22O4S2/c1-12(19)22-18(2,17(23-4)24(5)20)15-8-6-14-11-16(21-3)9-7-13(14)10-15/h6-11,17H,1-5H3. The second-order valence-corrected chi connectivity index (χ2v) is 8.40. The van der Waals surface area contributed by atoms with Crippen molar-refractivity contribution in [2.45, 2.75) is 24.0 Å². The van der Waals surface area contributed by atoms with Crippen molar-refractivity contribution in [1.29, 1.82) is 0 Å². The molecule has 0 aromatic heterocycles. The Morgan fingerprint density at radius 3 is 2.42 bits per heavy atom. The molecule has 3 atom stereocenters. The van der Waals surface area contributed by atoms with Crippen molar-refractivity contribution < 1.29 is 18.8 Å². The summed E-state index contributed by atoms with van der Waals surface area (Å²) in [6.45, 7) is 3.20. The third kappa shape index (κ3) is 3.82. The van der Waals surface area contributed by atoms with E-state index in [2.05, 4.69) is 0 Å². The lowest BCUT2D eigenvalue weighted by molar-refractivity contribution is -0.154.